The lowest BCUT2D eigenvalue weighted by atomic mass is 10.2. The summed E-state index contributed by atoms with van der Waals surface area (Å²) in [6.45, 7) is 1.90. The number of furan rings is 1. The number of nitrogens with zero attached hydrogens (tertiary/aromatic N) is 2. The number of amides is 1. The van der Waals surface area contributed by atoms with Crippen LogP contribution >= 0.6 is 0 Å². The van der Waals surface area contributed by atoms with Gasteiger partial charge in [-0.1, -0.05) is 6.07 Å². The molecule has 6 heteroatoms. The summed E-state index contributed by atoms with van der Waals surface area (Å²) in [7, 11) is 0. The van der Waals surface area contributed by atoms with Gasteiger partial charge in [-0.05, 0) is 44.0 Å². The monoisotopic (exact) mass is 300 g/mol. The number of pyridine rings is 1. The Morgan fingerprint density at radius 2 is 2.00 bits per heavy atom. The van der Waals surface area contributed by atoms with Crippen molar-refractivity contribution in [3.63, 3.8) is 0 Å². The van der Waals surface area contributed by atoms with E-state index in [9.17, 15) is 9.59 Å². The molecule has 1 saturated carbocycles. The lowest BCUT2D eigenvalue weighted by Gasteiger charge is -2.27. The number of rotatable bonds is 5. The standard InChI is InChI=1S/C16H16N2O4/c1-10(14-6-3-9-22-14)18(11-7-8-11)15(19)12-4-2-5-13(17-12)16(20)21/h2-6,9-11H,7-8H2,1H3,(H,20,21)/t10-/m0/s1. The smallest absolute Gasteiger partial charge is 0.354 e. The number of carboxylic acids is 1. The van der Waals surface area contributed by atoms with Crippen LogP contribution in [-0.4, -0.2) is 32.9 Å². The van der Waals surface area contributed by atoms with Gasteiger partial charge >= 0.3 is 5.97 Å². The molecular weight excluding hydrogens is 284 g/mol. The largest absolute Gasteiger partial charge is 0.477 e. The van der Waals surface area contributed by atoms with E-state index in [0.717, 1.165) is 12.8 Å². The highest BCUT2D eigenvalue weighted by Crippen LogP contribution is 2.35. The Hall–Kier alpha value is -2.63. The Kier molecular flexibility index (Phi) is 3.66. The molecule has 3 rings (SSSR count). The van der Waals surface area contributed by atoms with Crippen molar-refractivity contribution >= 4 is 11.9 Å². The first-order chi connectivity index (χ1) is 10.6. The molecule has 6 nitrogen and oxygen atoms in total. The zero-order valence-electron chi connectivity index (χ0n) is 12.1. The predicted octanol–water partition coefficient (Wildman–Crippen LogP) is 2.74. The molecule has 0 spiro atoms. The Labute approximate surface area is 127 Å². The molecule has 1 aliphatic rings. The molecule has 0 aromatic carbocycles. The molecule has 2 heterocycles. The second kappa shape index (κ2) is 5.63. The minimum Gasteiger partial charge on any atom is -0.477 e. The molecular formula is C16H16N2O4. The van der Waals surface area contributed by atoms with Crippen LogP contribution in [0, 0.1) is 0 Å². The molecule has 0 bridgehead atoms. The second-order valence-corrected chi connectivity index (χ2v) is 5.35. The fraction of sp³-hybridized carbons (Fsp3) is 0.312. The molecule has 1 atom stereocenters. The minimum atomic E-state index is -1.15. The molecule has 2 aromatic rings. The van der Waals surface area contributed by atoms with Crippen molar-refractivity contribution < 1.29 is 19.1 Å². The maximum absolute atomic E-state index is 12.8. The van der Waals surface area contributed by atoms with Gasteiger partial charge in [-0.25, -0.2) is 9.78 Å². The van der Waals surface area contributed by atoms with Crippen LogP contribution in [0.4, 0.5) is 0 Å². The van der Waals surface area contributed by atoms with Gasteiger partial charge in [-0.3, -0.25) is 4.79 Å². The zero-order chi connectivity index (χ0) is 15.7. The van der Waals surface area contributed by atoms with Crippen LogP contribution in [0.1, 0.15) is 52.5 Å². The lowest BCUT2D eigenvalue weighted by Crippen LogP contribution is -2.36. The van der Waals surface area contributed by atoms with Crippen LogP contribution in [0.3, 0.4) is 0 Å². The molecule has 1 fully saturated rings. The molecule has 22 heavy (non-hydrogen) atoms. The van der Waals surface area contributed by atoms with Crippen molar-refractivity contribution in [2.45, 2.75) is 31.8 Å². The molecule has 1 N–H and O–H groups in total. The normalized spacial score (nSPS) is 15.3. The first-order valence-electron chi connectivity index (χ1n) is 7.14. The number of hydrogen-bond acceptors (Lipinski definition) is 4. The number of carbonyl (C=O) groups is 2. The van der Waals surface area contributed by atoms with Crippen molar-refractivity contribution in [1.29, 1.82) is 0 Å². The van der Waals surface area contributed by atoms with Crippen LogP contribution in [0.15, 0.2) is 41.0 Å². The maximum atomic E-state index is 12.8. The highest BCUT2D eigenvalue weighted by atomic mass is 16.4. The molecule has 0 saturated heterocycles. The zero-order valence-corrected chi connectivity index (χ0v) is 12.1. The fourth-order valence-electron chi connectivity index (χ4n) is 2.48. The fourth-order valence-corrected chi connectivity index (χ4v) is 2.48. The van der Waals surface area contributed by atoms with Crippen LogP contribution in [-0.2, 0) is 0 Å². The van der Waals surface area contributed by atoms with Crippen LogP contribution in [0.25, 0.3) is 0 Å². The summed E-state index contributed by atoms with van der Waals surface area (Å²) in [5, 5.41) is 9.01. The summed E-state index contributed by atoms with van der Waals surface area (Å²) in [6, 6.07) is 7.99. The third kappa shape index (κ3) is 2.72. The van der Waals surface area contributed by atoms with E-state index in [1.807, 2.05) is 13.0 Å². The lowest BCUT2D eigenvalue weighted by molar-refractivity contribution is 0.0645. The van der Waals surface area contributed by atoms with Gasteiger partial charge in [0, 0.05) is 6.04 Å². The van der Waals surface area contributed by atoms with E-state index in [1.165, 1.54) is 12.1 Å². The van der Waals surface area contributed by atoms with Gasteiger partial charge in [-0.15, -0.1) is 0 Å². The van der Waals surface area contributed by atoms with Gasteiger partial charge in [0.2, 0.25) is 0 Å². The highest BCUT2D eigenvalue weighted by Gasteiger charge is 2.38. The number of carboxylic acid groups (broad SMARTS) is 1. The molecule has 0 unspecified atom stereocenters. The third-order valence-corrected chi connectivity index (χ3v) is 3.73. The maximum Gasteiger partial charge on any atom is 0.354 e. The van der Waals surface area contributed by atoms with Crippen LogP contribution < -0.4 is 0 Å². The summed E-state index contributed by atoms with van der Waals surface area (Å²) >= 11 is 0. The van der Waals surface area contributed by atoms with Gasteiger partial charge in [-0.2, -0.15) is 0 Å². The summed E-state index contributed by atoms with van der Waals surface area (Å²) in [5.74, 6) is -0.712. The number of aromatic nitrogens is 1. The van der Waals surface area contributed by atoms with Crippen molar-refractivity contribution in [3.05, 3.63) is 53.7 Å². The first-order valence-corrected chi connectivity index (χ1v) is 7.14. The molecule has 1 aliphatic carbocycles. The SMILES string of the molecule is C[C@@H](c1ccco1)N(C(=O)c1cccc(C(=O)O)n1)C1CC1. The number of hydrogen-bond donors (Lipinski definition) is 1. The van der Waals surface area contributed by atoms with Crippen LogP contribution in [0.5, 0.6) is 0 Å². The number of aromatic carboxylic acids is 1. The highest BCUT2D eigenvalue weighted by molar-refractivity contribution is 5.94. The van der Waals surface area contributed by atoms with E-state index in [1.54, 1.807) is 23.3 Å². The molecule has 2 aromatic heterocycles. The van der Waals surface area contributed by atoms with Gasteiger partial charge in [0.05, 0.1) is 12.3 Å². The van der Waals surface area contributed by atoms with E-state index in [4.69, 9.17) is 9.52 Å². The number of carbonyl (C=O) groups excluding carboxylic acids is 1. The Morgan fingerprint density at radius 3 is 2.59 bits per heavy atom. The Balaban J connectivity index is 1.90. The predicted molar refractivity (Wildman–Crippen MR) is 77.5 cm³/mol. The van der Waals surface area contributed by atoms with E-state index in [-0.39, 0.29) is 29.4 Å². The minimum absolute atomic E-state index is 0.132. The van der Waals surface area contributed by atoms with Crippen molar-refractivity contribution in [2.75, 3.05) is 0 Å². The van der Waals surface area contributed by atoms with E-state index in [0.29, 0.717) is 5.76 Å². The van der Waals surface area contributed by atoms with Gasteiger partial charge in [0.15, 0.2) is 0 Å². The topological polar surface area (TPSA) is 83.6 Å². The molecule has 0 radical (unpaired) electrons. The van der Waals surface area contributed by atoms with E-state index in [2.05, 4.69) is 4.98 Å². The summed E-state index contributed by atoms with van der Waals surface area (Å²) in [4.78, 5) is 29.5. The van der Waals surface area contributed by atoms with Gasteiger partial charge in [0.25, 0.3) is 5.91 Å². The summed E-state index contributed by atoms with van der Waals surface area (Å²) < 4.78 is 5.39. The summed E-state index contributed by atoms with van der Waals surface area (Å²) in [5.41, 5.74) is 0.0115. The Morgan fingerprint density at radius 1 is 1.27 bits per heavy atom. The average molecular weight is 300 g/mol. The van der Waals surface area contributed by atoms with E-state index >= 15 is 0 Å². The summed E-state index contributed by atoms with van der Waals surface area (Å²) in [6.07, 6.45) is 3.45. The van der Waals surface area contributed by atoms with Gasteiger partial charge < -0.3 is 14.4 Å². The van der Waals surface area contributed by atoms with Crippen molar-refractivity contribution in [3.8, 4) is 0 Å². The van der Waals surface area contributed by atoms with E-state index < -0.39 is 5.97 Å². The average Bonchev–Trinajstić information content (AvgIpc) is 3.19. The quantitative estimate of drug-likeness (QED) is 0.918. The Bertz CT molecular complexity index is 692. The van der Waals surface area contributed by atoms with Gasteiger partial charge in [0.1, 0.15) is 17.1 Å². The van der Waals surface area contributed by atoms with Crippen molar-refractivity contribution in [2.24, 2.45) is 0 Å². The van der Waals surface area contributed by atoms with Crippen molar-refractivity contribution in [1.82, 2.24) is 9.88 Å². The molecule has 114 valence electrons. The third-order valence-electron chi connectivity index (χ3n) is 3.73. The molecule has 1 amide bonds. The second-order valence-electron chi connectivity index (χ2n) is 5.35. The molecule has 0 aliphatic heterocycles. The first kappa shape index (κ1) is 14.3. The van der Waals surface area contributed by atoms with Crippen LogP contribution in [0.2, 0.25) is 0 Å².